The van der Waals surface area contributed by atoms with Crippen molar-refractivity contribution in [3.8, 4) is 5.75 Å². The molecular formula is C24H23ClN6O4S. The van der Waals surface area contributed by atoms with Crippen LogP contribution in [0.3, 0.4) is 0 Å². The van der Waals surface area contributed by atoms with Crippen LogP contribution in [0.1, 0.15) is 6.92 Å². The number of hydrogen-bond acceptors (Lipinski definition) is 8. The number of fused-ring (bicyclic) bond motifs is 1. The number of amides is 1. The zero-order valence-corrected chi connectivity index (χ0v) is 20.9. The van der Waals surface area contributed by atoms with Gasteiger partial charge in [-0.2, -0.15) is 0 Å². The second-order valence-electron chi connectivity index (χ2n) is 7.78. The summed E-state index contributed by atoms with van der Waals surface area (Å²) in [5, 5.41) is 6.30. The van der Waals surface area contributed by atoms with Gasteiger partial charge in [-0.1, -0.05) is 29.8 Å². The Morgan fingerprint density at radius 3 is 2.36 bits per heavy atom. The number of sulfonamides is 1. The molecule has 0 spiro atoms. The summed E-state index contributed by atoms with van der Waals surface area (Å²) in [6.45, 7) is 1.58. The smallest absolute Gasteiger partial charge is 0.263 e. The first kappa shape index (κ1) is 25.0. The van der Waals surface area contributed by atoms with Crippen molar-refractivity contribution in [1.29, 1.82) is 0 Å². The van der Waals surface area contributed by atoms with Gasteiger partial charge in [0.15, 0.2) is 11.6 Å². The molecule has 0 aliphatic heterocycles. The van der Waals surface area contributed by atoms with E-state index in [1.807, 2.05) is 0 Å². The number of rotatable bonds is 9. The summed E-state index contributed by atoms with van der Waals surface area (Å²) < 4.78 is 34.4. The second kappa shape index (κ2) is 10.3. The molecule has 10 nitrogen and oxygen atoms in total. The van der Waals surface area contributed by atoms with Gasteiger partial charge in [-0.15, -0.1) is 0 Å². The van der Waals surface area contributed by atoms with E-state index < -0.39 is 22.0 Å². The highest BCUT2D eigenvalue weighted by Crippen LogP contribution is 2.33. The maximum Gasteiger partial charge on any atom is 0.263 e. The zero-order valence-electron chi connectivity index (χ0n) is 19.3. The van der Waals surface area contributed by atoms with Crippen LogP contribution < -0.4 is 25.8 Å². The monoisotopic (exact) mass is 526 g/mol. The highest BCUT2D eigenvalue weighted by Gasteiger charge is 2.20. The lowest BCUT2D eigenvalue weighted by Gasteiger charge is -2.16. The number of methoxy groups -OCH3 is 1. The molecule has 0 aliphatic rings. The van der Waals surface area contributed by atoms with Crippen molar-refractivity contribution >= 4 is 61.6 Å². The molecule has 1 aromatic heterocycles. The largest absolute Gasteiger partial charge is 0.497 e. The van der Waals surface area contributed by atoms with Gasteiger partial charge in [-0.25, -0.2) is 18.4 Å². The van der Waals surface area contributed by atoms with E-state index in [0.717, 1.165) is 0 Å². The van der Waals surface area contributed by atoms with E-state index in [2.05, 4.69) is 25.3 Å². The number of aromatic nitrogens is 2. The Balaban J connectivity index is 1.73. The summed E-state index contributed by atoms with van der Waals surface area (Å²) in [7, 11) is -2.58. The molecule has 3 aromatic carbocycles. The predicted molar refractivity (Wildman–Crippen MR) is 140 cm³/mol. The van der Waals surface area contributed by atoms with E-state index in [4.69, 9.17) is 22.1 Å². The lowest BCUT2D eigenvalue weighted by Crippen LogP contribution is -2.32. The topological polar surface area (TPSA) is 148 Å². The van der Waals surface area contributed by atoms with Crippen molar-refractivity contribution in [3.63, 3.8) is 0 Å². The van der Waals surface area contributed by atoms with E-state index in [0.29, 0.717) is 33.2 Å². The Morgan fingerprint density at radius 2 is 1.69 bits per heavy atom. The molecule has 0 saturated heterocycles. The minimum atomic E-state index is -4.10. The van der Waals surface area contributed by atoms with Crippen LogP contribution in [0.4, 0.5) is 23.0 Å². The number of nitrogens with zero attached hydrogens (tertiary/aromatic N) is 2. The second-order valence-corrected chi connectivity index (χ2v) is 9.87. The van der Waals surface area contributed by atoms with Crippen LogP contribution in [-0.4, -0.2) is 37.4 Å². The van der Waals surface area contributed by atoms with Gasteiger partial charge in [0.25, 0.3) is 10.0 Å². The third kappa shape index (κ3) is 5.58. The molecule has 4 aromatic rings. The zero-order chi connectivity index (χ0) is 25.9. The molecule has 1 heterocycles. The highest BCUT2D eigenvalue weighted by molar-refractivity contribution is 7.92. The van der Waals surface area contributed by atoms with Gasteiger partial charge in [0.2, 0.25) is 5.91 Å². The number of nitrogens with one attached hydrogen (secondary N) is 3. The molecule has 36 heavy (non-hydrogen) atoms. The standard InChI is InChI=1S/C24H23ClN6O4S/c1-14(22(26)32)27-15-6-5-7-17(12-15)36(33,34)31-24-23(28-19-8-3-4-9-20(19)29-24)30-21-13-16(35-2)10-11-18(21)25/h3-14,27H,1-2H3,(H2,26,32)(H,28,30)(H,29,31)/t14-/m0/s1. The van der Waals surface area contributed by atoms with Crippen molar-refractivity contribution in [1.82, 2.24) is 9.97 Å². The van der Waals surface area contributed by atoms with Crippen molar-refractivity contribution in [2.24, 2.45) is 5.73 Å². The van der Waals surface area contributed by atoms with Crippen molar-refractivity contribution < 1.29 is 17.9 Å². The third-order valence-electron chi connectivity index (χ3n) is 5.18. The number of carbonyl (C=O) groups excluding carboxylic acids is 1. The molecule has 0 saturated carbocycles. The quantitative estimate of drug-likeness (QED) is 0.254. The summed E-state index contributed by atoms with van der Waals surface area (Å²) in [4.78, 5) is 20.4. The molecule has 12 heteroatoms. The number of benzene rings is 3. The van der Waals surface area contributed by atoms with Gasteiger partial charge in [0, 0.05) is 11.8 Å². The number of anilines is 4. The van der Waals surface area contributed by atoms with E-state index >= 15 is 0 Å². The average molecular weight is 527 g/mol. The minimum Gasteiger partial charge on any atom is -0.497 e. The van der Waals surface area contributed by atoms with Gasteiger partial charge in [0.1, 0.15) is 11.8 Å². The van der Waals surface area contributed by atoms with Crippen LogP contribution in [0, 0.1) is 0 Å². The first-order chi connectivity index (χ1) is 17.2. The fourth-order valence-electron chi connectivity index (χ4n) is 3.27. The van der Waals surface area contributed by atoms with Gasteiger partial charge in [0.05, 0.1) is 33.7 Å². The molecule has 0 radical (unpaired) electrons. The maximum absolute atomic E-state index is 13.3. The average Bonchev–Trinajstić information content (AvgIpc) is 2.85. The summed E-state index contributed by atoms with van der Waals surface area (Å²) in [6, 6.07) is 17.4. The van der Waals surface area contributed by atoms with Crippen LogP contribution in [0.2, 0.25) is 5.02 Å². The Kier molecular flexibility index (Phi) is 7.13. The SMILES string of the molecule is COc1ccc(Cl)c(Nc2nc3ccccc3nc2NS(=O)(=O)c2cccc(N[C@@H](C)C(N)=O)c2)c1. The van der Waals surface area contributed by atoms with Crippen molar-refractivity contribution in [2.75, 3.05) is 22.5 Å². The highest BCUT2D eigenvalue weighted by atomic mass is 35.5. The Hall–Kier alpha value is -4.09. The van der Waals surface area contributed by atoms with Crippen LogP contribution in [0.15, 0.2) is 71.6 Å². The number of carbonyl (C=O) groups is 1. The molecule has 5 N–H and O–H groups in total. The van der Waals surface area contributed by atoms with Crippen LogP contribution in [-0.2, 0) is 14.8 Å². The predicted octanol–water partition coefficient (Wildman–Crippen LogP) is 4.12. The van der Waals surface area contributed by atoms with E-state index in [-0.39, 0.29) is 16.5 Å². The van der Waals surface area contributed by atoms with Gasteiger partial charge in [-0.3, -0.25) is 9.52 Å². The van der Waals surface area contributed by atoms with Crippen molar-refractivity contribution in [2.45, 2.75) is 17.9 Å². The van der Waals surface area contributed by atoms with E-state index in [9.17, 15) is 13.2 Å². The molecular weight excluding hydrogens is 504 g/mol. The summed E-state index contributed by atoms with van der Waals surface area (Å²) in [6.07, 6.45) is 0. The normalized spacial score (nSPS) is 12.1. The maximum atomic E-state index is 13.3. The molecule has 0 bridgehead atoms. The summed E-state index contributed by atoms with van der Waals surface area (Å²) in [5.74, 6) is 0.0903. The lowest BCUT2D eigenvalue weighted by atomic mass is 10.2. The van der Waals surface area contributed by atoms with Crippen LogP contribution in [0.25, 0.3) is 11.0 Å². The fourth-order valence-corrected chi connectivity index (χ4v) is 4.49. The summed E-state index contributed by atoms with van der Waals surface area (Å²) >= 11 is 6.34. The first-order valence-electron chi connectivity index (χ1n) is 10.7. The third-order valence-corrected chi connectivity index (χ3v) is 6.85. The summed E-state index contributed by atoms with van der Waals surface area (Å²) in [5.41, 5.74) is 7.20. The molecule has 1 amide bonds. The van der Waals surface area contributed by atoms with E-state index in [1.165, 1.54) is 19.2 Å². The Morgan fingerprint density at radius 1 is 1.00 bits per heavy atom. The molecule has 0 fully saturated rings. The Bertz CT molecular complexity index is 1550. The molecule has 0 aliphatic carbocycles. The van der Waals surface area contributed by atoms with Gasteiger partial charge >= 0.3 is 0 Å². The molecule has 1 atom stereocenters. The van der Waals surface area contributed by atoms with E-state index in [1.54, 1.807) is 61.5 Å². The first-order valence-corrected chi connectivity index (χ1v) is 12.6. The van der Waals surface area contributed by atoms with Gasteiger partial charge in [-0.05, 0) is 49.4 Å². The van der Waals surface area contributed by atoms with Crippen LogP contribution >= 0.6 is 11.6 Å². The number of hydrogen-bond donors (Lipinski definition) is 4. The van der Waals surface area contributed by atoms with Crippen LogP contribution in [0.5, 0.6) is 5.75 Å². The molecule has 186 valence electrons. The van der Waals surface area contributed by atoms with Crippen molar-refractivity contribution in [3.05, 3.63) is 71.8 Å². The number of ether oxygens (including phenoxy) is 1. The van der Waals surface area contributed by atoms with Gasteiger partial charge < -0.3 is 21.1 Å². The lowest BCUT2D eigenvalue weighted by molar-refractivity contribution is -0.118. The molecule has 0 unspecified atom stereocenters. The molecule has 4 rings (SSSR count). The Labute approximate surface area is 212 Å². The number of halogens is 1. The fraction of sp³-hybridized carbons (Fsp3) is 0.125. The minimum absolute atomic E-state index is 0.0311. The number of primary amides is 1. The number of para-hydroxylation sites is 2. The number of nitrogens with two attached hydrogens (primary N) is 1.